The van der Waals surface area contributed by atoms with Gasteiger partial charge in [-0.15, -0.1) is 0 Å². The Hall–Kier alpha value is -0.330. The maximum Gasteiger partial charge on any atom is 0.0179 e. The van der Waals surface area contributed by atoms with Crippen LogP contribution in [0.5, 0.6) is 0 Å². The summed E-state index contributed by atoms with van der Waals surface area (Å²) >= 11 is 0. The summed E-state index contributed by atoms with van der Waals surface area (Å²) in [5.74, 6) is 1.11. The van der Waals surface area contributed by atoms with E-state index in [-0.39, 0.29) is 0 Å². The summed E-state index contributed by atoms with van der Waals surface area (Å²) in [6.07, 6.45) is 2.50. The topological polar surface area (TPSA) is 23.9 Å². The Kier molecular flexibility index (Phi) is 2.08. The molecule has 0 aliphatic heterocycles. The Labute approximate surface area is 69.7 Å². The monoisotopic (exact) mass is 153 g/mol. The van der Waals surface area contributed by atoms with Crippen molar-refractivity contribution in [3.8, 4) is 0 Å². The maximum atomic E-state index is 7.94. The first-order valence-electron chi connectivity index (χ1n) is 4.59. The lowest BCUT2D eigenvalue weighted by molar-refractivity contribution is 0.459. The average Bonchev–Trinajstić information content (AvgIpc) is 2.65. The molecule has 0 bridgehead atoms. The lowest BCUT2D eigenvalue weighted by Crippen LogP contribution is -2.25. The average molecular weight is 153 g/mol. The van der Waals surface area contributed by atoms with Crippen molar-refractivity contribution >= 4 is 5.71 Å². The highest BCUT2D eigenvalue weighted by molar-refractivity contribution is 5.91. The Bertz CT molecular complexity index is 164. The first-order chi connectivity index (χ1) is 5.00. The van der Waals surface area contributed by atoms with Crippen molar-refractivity contribution < 1.29 is 0 Å². The summed E-state index contributed by atoms with van der Waals surface area (Å²) in [5.41, 5.74) is 1.29. The highest BCUT2D eigenvalue weighted by Crippen LogP contribution is 2.53. The minimum atomic E-state index is 0.314. The third-order valence-electron chi connectivity index (χ3n) is 3.01. The van der Waals surface area contributed by atoms with Crippen molar-refractivity contribution in [2.45, 2.75) is 40.5 Å². The van der Waals surface area contributed by atoms with E-state index in [1.165, 1.54) is 12.8 Å². The molecule has 0 aromatic heterocycles. The largest absolute Gasteiger partial charge is 0.309 e. The molecule has 1 saturated carbocycles. The number of hydrogen-bond donors (Lipinski definition) is 1. The molecule has 1 rings (SSSR count). The van der Waals surface area contributed by atoms with Crippen LogP contribution in [0.15, 0.2) is 0 Å². The molecule has 1 aliphatic rings. The first-order valence-corrected chi connectivity index (χ1v) is 4.59. The normalized spacial score (nSPS) is 20.9. The van der Waals surface area contributed by atoms with Crippen LogP contribution in [-0.2, 0) is 0 Å². The third-order valence-corrected chi connectivity index (χ3v) is 3.01. The quantitative estimate of drug-likeness (QED) is 0.602. The molecule has 0 aromatic carbocycles. The lowest BCUT2D eigenvalue weighted by Gasteiger charge is -2.23. The standard InChI is InChI=1S/C10H19N/c1-7(2)9(11)10(5-6-10)8(3)4/h7-8,11H,5-6H2,1-4H3. The van der Waals surface area contributed by atoms with Crippen LogP contribution in [0.25, 0.3) is 0 Å². The second kappa shape index (κ2) is 2.62. The van der Waals surface area contributed by atoms with Gasteiger partial charge in [0.25, 0.3) is 0 Å². The van der Waals surface area contributed by atoms with Crippen LogP contribution < -0.4 is 0 Å². The van der Waals surface area contributed by atoms with Gasteiger partial charge in [-0.2, -0.15) is 0 Å². The van der Waals surface area contributed by atoms with E-state index in [1.807, 2.05) is 0 Å². The molecule has 1 nitrogen and oxygen atoms in total. The molecule has 0 saturated heterocycles. The number of hydrogen-bond acceptors (Lipinski definition) is 1. The zero-order valence-electron chi connectivity index (χ0n) is 8.07. The first kappa shape index (κ1) is 8.76. The van der Waals surface area contributed by atoms with E-state index in [2.05, 4.69) is 27.7 Å². The number of rotatable bonds is 3. The molecule has 64 valence electrons. The van der Waals surface area contributed by atoms with Gasteiger partial charge in [0.2, 0.25) is 0 Å². The van der Waals surface area contributed by atoms with Crippen molar-refractivity contribution in [1.82, 2.24) is 0 Å². The molecule has 0 spiro atoms. The lowest BCUT2D eigenvalue weighted by atomic mass is 9.82. The minimum Gasteiger partial charge on any atom is -0.309 e. The molecule has 0 aromatic rings. The smallest absolute Gasteiger partial charge is 0.0179 e. The van der Waals surface area contributed by atoms with Crippen molar-refractivity contribution in [3.63, 3.8) is 0 Å². The Morgan fingerprint density at radius 2 is 1.64 bits per heavy atom. The van der Waals surface area contributed by atoms with Crippen LogP contribution in [-0.4, -0.2) is 5.71 Å². The highest BCUT2D eigenvalue weighted by Gasteiger charge is 2.49. The molecular weight excluding hydrogens is 134 g/mol. The summed E-state index contributed by atoms with van der Waals surface area (Å²) in [7, 11) is 0. The van der Waals surface area contributed by atoms with Crippen molar-refractivity contribution in [1.29, 1.82) is 5.41 Å². The van der Waals surface area contributed by atoms with Gasteiger partial charge in [0, 0.05) is 11.1 Å². The predicted molar refractivity (Wildman–Crippen MR) is 49.1 cm³/mol. The van der Waals surface area contributed by atoms with Crippen molar-refractivity contribution in [3.05, 3.63) is 0 Å². The van der Waals surface area contributed by atoms with Gasteiger partial charge in [-0.25, -0.2) is 0 Å². The van der Waals surface area contributed by atoms with Gasteiger partial charge in [0.15, 0.2) is 0 Å². The minimum absolute atomic E-state index is 0.314. The van der Waals surface area contributed by atoms with Gasteiger partial charge >= 0.3 is 0 Å². The van der Waals surface area contributed by atoms with E-state index in [0.29, 0.717) is 17.3 Å². The molecule has 1 fully saturated rings. The van der Waals surface area contributed by atoms with E-state index in [4.69, 9.17) is 5.41 Å². The van der Waals surface area contributed by atoms with Crippen LogP contribution in [0.4, 0.5) is 0 Å². The SMILES string of the molecule is CC(C)C(=N)C1(C(C)C)CC1. The third kappa shape index (κ3) is 1.33. The van der Waals surface area contributed by atoms with E-state index >= 15 is 0 Å². The second-order valence-corrected chi connectivity index (χ2v) is 4.38. The number of nitrogens with one attached hydrogen (secondary N) is 1. The molecule has 0 radical (unpaired) electrons. The zero-order chi connectivity index (χ0) is 8.65. The van der Waals surface area contributed by atoms with Crippen LogP contribution in [0.3, 0.4) is 0 Å². The molecule has 0 amide bonds. The summed E-state index contributed by atoms with van der Waals surface area (Å²) in [6, 6.07) is 0. The molecule has 0 atom stereocenters. The van der Waals surface area contributed by atoms with Gasteiger partial charge in [0.1, 0.15) is 0 Å². The van der Waals surface area contributed by atoms with Crippen LogP contribution in [0.1, 0.15) is 40.5 Å². The van der Waals surface area contributed by atoms with E-state index < -0.39 is 0 Å². The van der Waals surface area contributed by atoms with Crippen molar-refractivity contribution in [2.75, 3.05) is 0 Å². The second-order valence-electron chi connectivity index (χ2n) is 4.38. The highest BCUT2D eigenvalue weighted by atomic mass is 14.6. The fourth-order valence-corrected chi connectivity index (χ4v) is 1.87. The van der Waals surface area contributed by atoms with Gasteiger partial charge in [-0.05, 0) is 24.7 Å². The Morgan fingerprint density at radius 1 is 1.18 bits per heavy atom. The van der Waals surface area contributed by atoms with Gasteiger partial charge in [-0.1, -0.05) is 27.7 Å². The van der Waals surface area contributed by atoms with Crippen LogP contribution in [0.2, 0.25) is 0 Å². The van der Waals surface area contributed by atoms with Gasteiger partial charge in [0.05, 0.1) is 0 Å². The Morgan fingerprint density at radius 3 is 1.73 bits per heavy atom. The summed E-state index contributed by atoms with van der Waals surface area (Å²) in [6.45, 7) is 8.74. The van der Waals surface area contributed by atoms with E-state index in [9.17, 15) is 0 Å². The molecular formula is C10H19N. The van der Waals surface area contributed by atoms with Crippen LogP contribution >= 0.6 is 0 Å². The summed E-state index contributed by atoms with van der Waals surface area (Å²) in [5, 5.41) is 7.94. The Balaban J connectivity index is 2.66. The maximum absolute atomic E-state index is 7.94. The summed E-state index contributed by atoms with van der Waals surface area (Å²) < 4.78 is 0. The van der Waals surface area contributed by atoms with Crippen LogP contribution in [0, 0.1) is 22.7 Å². The molecule has 1 N–H and O–H groups in total. The fraction of sp³-hybridized carbons (Fsp3) is 0.900. The molecule has 0 unspecified atom stereocenters. The fourth-order valence-electron chi connectivity index (χ4n) is 1.87. The van der Waals surface area contributed by atoms with E-state index in [0.717, 1.165) is 5.71 Å². The van der Waals surface area contributed by atoms with E-state index in [1.54, 1.807) is 0 Å². The zero-order valence-corrected chi connectivity index (χ0v) is 8.07. The molecule has 11 heavy (non-hydrogen) atoms. The van der Waals surface area contributed by atoms with Gasteiger partial charge in [-0.3, -0.25) is 0 Å². The molecule has 0 heterocycles. The predicted octanol–water partition coefficient (Wildman–Crippen LogP) is 3.10. The molecule has 1 heteroatoms. The van der Waals surface area contributed by atoms with Gasteiger partial charge < -0.3 is 5.41 Å². The molecule has 1 aliphatic carbocycles. The van der Waals surface area contributed by atoms with Crippen molar-refractivity contribution in [2.24, 2.45) is 17.3 Å². The summed E-state index contributed by atoms with van der Waals surface area (Å²) in [4.78, 5) is 0.